The van der Waals surface area contributed by atoms with Crippen LogP contribution >= 0.6 is 45.3 Å². The number of hydrogen-bond donors (Lipinski definition) is 0. The van der Waals surface area contributed by atoms with E-state index in [0.29, 0.717) is 34.4 Å². The molecule has 9 rings (SSSR count). The van der Waals surface area contributed by atoms with E-state index in [1.54, 1.807) is 45.3 Å². The monoisotopic (exact) mass is 696 g/mol. The summed E-state index contributed by atoms with van der Waals surface area (Å²) in [5.41, 5.74) is 3.49. The molecule has 4 aromatic heterocycles. The van der Waals surface area contributed by atoms with Crippen molar-refractivity contribution in [2.24, 2.45) is 0 Å². The van der Waals surface area contributed by atoms with Crippen LogP contribution in [0.3, 0.4) is 0 Å². The zero-order valence-corrected chi connectivity index (χ0v) is 30.0. The van der Waals surface area contributed by atoms with E-state index in [2.05, 4.69) is 36.4 Å². The van der Waals surface area contributed by atoms with Crippen LogP contribution in [0.25, 0.3) is 51.8 Å². The first-order chi connectivity index (χ1) is 23.9. The number of carbonyl (C=O) groups is 2. The van der Waals surface area contributed by atoms with Crippen LogP contribution in [-0.4, -0.2) is 11.6 Å². The molecule has 0 radical (unpaired) electrons. The third-order valence-electron chi connectivity index (χ3n) is 9.74. The Balaban J connectivity index is 1.01. The smallest absolute Gasteiger partial charge is 0.190 e. The molecule has 0 aliphatic heterocycles. The molecule has 48 heavy (non-hydrogen) atoms. The molecule has 0 fully saturated rings. The highest BCUT2D eigenvalue weighted by molar-refractivity contribution is 7.27. The van der Waals surface area contributed by atoms with Gasteiger partial charge in [0, 0.05) is 71.8 Å². The number of ketones is 2. The molecule has 0 atom stereocenters. The summed E-state index contributed by atoms with van der Waals surface area (Å²) in [6.45, 7) is 8.16. The molecule has 234 valence electrons. The Hall–Kier alpha value is -4.20. The van der Waals surface area contributed by atoms with Gasteiger partial charge in [-0.05, 0) is 82.5 Å². The Morgan fingerprint density at radius 1 is 0.521 bits per heavy atom. The summed E-state index contributed by atoms with van der Waals surface area (Å²) in [6.07, 6.45) is 0. The molecule has 2 aliphatic rings. The van der Waals surface area contributed by atoms with E-state index in [1.165, 1.54) is 20.2 Å². The quantitative estimate of drug-likeness (QED) is 0.172. The second kappa shape index (κ2) is 10.6. The zero-order valence-electron chi connectivity index (χ0n) is 28.7. The molecule has 0 bridgehead atoms. The normalized spacial score (nSPS) is 19.1. The maximum atomic E-state index is 13.4. The van der Waals surface area contributed by atoms with Crippen molar-refractivity contribution >= 4 is 89.2 Å². The zero-order chi connectivity index (χ0) is 34.7. The summed E-state index contributed by atoms with van der Waals surface area (Å²) < 4.78 is 20.6. The molecule has 0 saturated carbocycles. The van der Waals surface area contributed by atoms with Gasteiger partial charge in [-0.15, -0.1) is 45.3 Å². The highest BCUT2D eigenvalue weighted by Crippen LogP contribution is 2.47. The van der Waals surface area contributed by atoms with Gasteiger partial charge in [0.05, 0.1) is 2.74 Å². The summed E-state index contributed by atoms with van der Waals surface area (Å²) in [4.78, 5) is 32.9. The van der Waals surface area contributed by atoms with Crippen LogP contribution in [0, 0.1) is 0 Å². The SMILES string of the molecule is [2H]/C(=C1/C(=O)c2ccccc2C1(C)C)c1ccc(-c2cc3cc4sc(-c5ccc(/C([2H])=C6\C(=O)c7ccccc7C6(C)C)s5)cc4cc3s2)s1. The number of allylic oxidation sites excluding steroid dienone is 2. The van der Waals surface area contributed by atoms with Crippen LogP contribution in [-0.2, 0) is 10.8 Å². The fourth-order valence-corrected chi connectivity index (χ4v) is 11.3. The molecule has 7 aromatic rings. The van der Waals surface area contributed by atoms with Crippen molar-refractivity contribution in [3.8, 4) is 19.5 Å². The van der Waals surface area contributed by atoms with E-state index in [9.17, 15) is 9.59 Å². The Kier molecular flexibility index (Phi) is 6.15. The summed E-state index contributed by atoms with van der Waals surface area (Å²) in [7, 11) is 0. The molecule has 2 nitrogen and oxygen atoms in total. The van der Waals surface area contributed by atoms with E-state index >= 15 is 0 Å². The van der Waals surface area contributed by atoms with Gasteiger partial charge in [0.15, 0.2) is 11.6 Å². The molecule has 3 aromatic carbocycles. The third kappa shape index (κ3) is 4.54. The van der Waals surface area contributed by atoms with Crippen molar-refractivity contribution in [1.29, 1.82) is 0 Å². The van der Waals surface area contributed by atoms with E-state index in [4.69, 9.17) is 2.74 Å². The van der Waals surface area contributed by atoms with Gasteiger partial charge in [0.1, 0.15) is 0 Å². The standard InChI is InChI=1S/C42H30O2S4/c1-41(2)29-11-7-5-9-27(29)39(43)31(41)21-25-13-15-33(45-25)37-19-23-17-36-24(18-35(23)47-37)20-38(48-36)34-16-14-26(46-34)22-32-40(44)28-10-6-8-12-30(28)42(32,3)4/h5-22H,1-4H3/b31-21+,32-22+/i21D,22D. The average Bonchev–Trinajstić information content (AvgIpc) is 3.94. The van der Waals surface area contributed by atoms with E-state index in [1.807, 2.05) is 88.4 Å². The number of Topliss-reactive ketones (excluding diaryl/α,β-unsaturated/α-hetero) is 2. The predicted octanol–water partition coefficient (Wildman–Crippen LogP) is 12.7. The van der Waals surface area contributed by atoms with Gasteiger partial charge in [-0.3, -0.25) is 9.59 Å². The molecule has 0 spiro atoms. The first-order valence-electron chi connectivity index (χ1n) is 16.8. The van der Waals surface area contributed by atoms with Crippen LogP contribution in [0.2, 0.25) is 0 Å². The topological polar surface area (TPSA) is 34.1 Å². The highest BCUT2D eigenvalue weighted by atomic mass is 32.1. The fraction of sp³-hybridized carbons (Fsp3) is 0.143. The van der Waals surface area contributed by atoms with Gasteiger partial charge in [0.2, 0.25) is 0 Å². The largest absolute Gasteiger partial charge is 0.289 e. The molecule has 0 amide bonds. The molecular formula is C42H30O2S4. The van der Waals surface area contributed by atoms with Crippen LogP contribution in [0.15, 0.2) is 108 Å². The van der Waals surface area contributed by atoms with Crippen LogP contribution < -0.4 is 0 Å². The minimum absolute atomic E-state index is 0.0402. The van der Waals surface area contributed by atoms with Crippen molar-refractivity contribution in [1.82, 2.24) is 0 Å². The van der Waals surface area contributed by atoms with Crippen LogP contribution in [0.4, 0.5) is 0 Å². The van der Waals surface area contributed by atoms with Gasteiger partial charge in [-0.1, -0.05) is 76.2 Å². The number of hydrogen-bond acceptors (Lipinski definition) is 6. The van der Waals surface area contributed by atoms with Crippen molar-refractivity contribution < 1.29 is 12.3 Å². The first kappa shape index (κ1) is 27.7. The van der Waals surface area contributed by atoms with Gasteiger partial charge >= 0.3 is 0 Å². The molecule has 0 N–H and O–H groups in total. The van der Waals surface area contributed by atoms with E-state index in [-0.39, 0.29) is 11.6 Å². The number of fused-ring (bicyclic) bond motifs is 4. The second-order valence-electron chi connectivity index (χ2n) is 13.5. The highest BCUT2D eigenvalue weighted by Gasteiger charge is 2.41. The maximum Gasteiger partial charge on any atom is 0.190 e. The van der Waals surface area contributed by atoms with Crippen LogP contribution in [0.5, 0.6) is 0 Å². The van der Waals surface area contributed by atoms with E-state index in [0.717, 1.165) is 40.4 Å². The summed E-state index contributed by atoms with van der Waals surface area (Å²) >= 11 is 6.63. The van der Waals surface area contributed by atoms with E-state index < -0.39 is 10.8 Å². The van der Waals surface area contributed by atoms with Crippen molar-refractivity contribution in [2.75, 3.05) is 0 Å². The fourth-order valence-electron chi connectivity index (χ4n) is 7.12. The Bertz CT molecular complexity index is 2440. The lowest BCUT2D eigenvalue weighted by Crippen LogP contribution is -2.16. The minimum atomic E-state index is -0.513. The van der Waals surface area contributed by atoms with Crippen LogP contribution in [0.1, 0.15) is 72.0 Å². The van der Waals surface area contributed by atoms with Gasteiger partial charge in [-0.2, -0.15) is 0 Å². The molecule has 2 aliphatic carbocycles. The van der Waals surface area contributed by atoms with Crippen molar-refractivity contribution in [3.63, 3.8) is 0 Å². The molecule has 6 heteroatoms. The van der Waals surface area contributed by atoms with Crippen molar-refractivity contribution in [3.05, 3.63) is 140 Å². The number of thiophene rings is 4. The molecular weight excluding hydrogens is 665 g/mol. The summed E-state index contributed by atoms with van der Waals surface area (Å²) in [6, 6.07) is 33.1. The summed E-state index contributed by atoms with van der Waals surface area (Å²) in [5, 5.41) is 2.36. The Morgan fingerprint density at radius 3 is 1.35 bits per heavy atom. The minimum Gasteiger partial charge on any atom is -0.289 e. The predicted molar refractivity (Wildman–Crippen MR) is 207 cm³/mol. The first-order valence-corrected chi connectivity index (χ1v) is 19.1. The lowest BCUT2D eigenvalue weighted by Gasteiger charge is -2.20. The lowest BCUT2D eigenvalue weighted by atomic mass is 9.82. The second-order valence-corrected chi connectivity index (χ2v) is 17.8. The number of carbonyl (C=O) groups excluding carboxylic acids is 2. The third-order valence-corrected chi connectivity index (χ3v) is 14.3. The number of benzene rings is 3. The lowest BCUT2D eigenvalue weighted by molar-refractivity contribution is 0.102. The molecule has 4 heterocycles. The average molecular weight is 697 g/mol. The summed E-state index contributed by atoms with van der Waals surface area (Å²) in [5.74, 6) is -0.0803. The maximum absolute atomic E-state index is 13.4. The molecule has 0 saturated heterocycles. The van der Waals surface area contributed by atoms with Gasteiger partial charge in [0.25, 0.3) is 0 Å². The Morgan fingerprint density at radius 2 is 0.938 bits per heavy atom. The van der Waals surface area contributed by atoms with Gasteiger partial charge < -0.3 is 0 Å². The Labute approximate surface area is 298 Å². The molecule has 0 unspecified atom stereocenters. The van der Waals surface area contributed by atoms with Crippen molar-refractivity contribution in [2.45, 2.75) is 38.5 Å². The van der Waals surface area contributed by atoms with Gasteiger partial charge in [-0.25, -0.2) is 0 Å². The number of rotatable bonds is 4.